The number of hydrogen-bond acceptors (Lipinski definition) is 6. The molecule has 1 atom stereocenters. The third kappa shape index (κ3) is 6.23. The molecule has 3 aromatic carbocycles. The van der Waals surface area contributed by atoms with E-state index in [0.29, 0.717) is 15.8 Å². The van der Waals surface area contributed by atoms with Crippen molar-refractivity contribution in [3.8, 4) is 5.75 Å². The largest absolute Gasteiger partial charge is 0.506 e. The van der Waals surface area contributed by atoms with E-state index >= 15 is 0 Å². The van der Waals surface area contributed by atoms with Gasteiger partial charge in [0, 0.05) is 16.3 Å². The zero-order valence-corrected chi connectivity index (χ0v) is 22.3. The number of thiazole rings is 1. The number of carbonyl (C=O) groups is 1. The number of aliphatic imine (C=N–C) groups is 1. The first kappa shape index (κ1) is 23.9. The molecule has 0 fully saturated rings. The van der Waals surface area contributed by atoms with Crippen LogP contribution in [-0.4, -0.2) is 28.0 Å². The molecule has 33 heavy (non-hydrogen) atoms. The van der Waals surface area contributed by atoms with E-state index in [1.807, 2.05) is 55.5 Å². The number of hydrogen-bond donors (Lipinski definition) is 2. The maximum Gasteiger partial charge on any atom is 0.230 e. The minimum atomic E-state index is -0.0413. The summed E-state index contributed by atoms with van der Waals surface area (Å²) in [6.07, 6.45) is 1.63. The van der Waals surface area contributed by atoms with Crippen LogP contribution in [0.2, 0.25) is 0 Å². The van der Waals surface area contributed by atoms with Gasteiger partial charge in [-0.3, -0.25) is 9.79 Å². The average molecular weight is 605 g/mol. The fourth-order valence-electron chi connectivity index (χ4n) is 3.10. The molecule has 0 aliphatic rings. The predicted molar refractivity (Wildman–Crippen MR) is 144 cm³/mol. The molecule has 1 unspecified atom stereocenters. The summed E-state index contributed by atoms with van der Waals surface area (Å²) in [5.74, 6) is 0.416. The molecule has 1 aromatic heterocycles. The zero-order chi connectivity index (χ0) is 23.4. The van der Waals surface area contributed by atoms with Crippen molar-refractivity contribution in [2.24, 2.45) is 4.99 Å². The van der Waals surface area contributed by atoms with Crippen molar-refractivity contribution in [1.82, 2.24) is 10.3 Å². The highest BCUT2D eigenvalue weighted by Crippen LogP contribution is 2.33. The van der Waals surface area contributed by atoms with Gasteiger partial charge in [-0.1, -0.05) is 58.0 Å². The molecule has 0 saturated carbocycles. The number of rotatable bonds is 7. The Kier molecular flexibility index (Phi) is 7.85. The molecule has 5 nitrogen and oxygen atoms in total. The first-order valence-electron chi connectivity index (χ1n) is 9.99. The topological polar surface area (TPSA) is 74.6 Å². The van der Waals surface area contributed by atoms with Crippen LogP contribution in [0.15, 0.2) is 78.9 Å². The maximum atomic E-state index is 12.4. The minimum Gasteiger partial charge on any atom is -0.506 e. The maximum absolute atomic E-state index is 12.4. The van der Waals surface area contributed by atoms with Crippen LogP contribution in [0.4, 0.5) is 5.69 Å². The Hall–Kier alpha value is -2.20. The monoisotopic (exact) mass is 603 g/mol. The third-order valence-corrected chi connectivity index (χ3v) is 7.99. The third-order valence-electron chi connectivity index (χ3n) is 4.77. The Labute approximate surface area is 216 Å². The summed E-state index contributed by atoms with van der Waals surface area (Å²) in [6.45, 7) is 1.98. The standard InChI is InChI=1S/C24H19Br2N3O2S2/c1-14(15-5-3-2-4-6-15)28-22(30)13-32-24-29-20-8-7-18(11-21(20)33-24)27-12-16-9-17(25)10-19(26)23(16)31/h2-12,14,31H,13H2,1H3,(H,28,30). The summed E-state index contributed by atoms with van der Waals surface area (Å²) in [5.41, 5.74) is 3.31. The van der Waals surface area contributed by atoms with E-state index in [-0.39, 0.29) is 17.7 Å². The molecule has 1 amide bonds. The lowest BCUT2D eigenvalue weighted by Crippen LogP contribution is -2.28. The van der Waals surface area contributed by atoms with Gasteiger partial charge in [0.1, 0.15) is 5.75 Å². The van der Waals surface area contributed by atoms with Crippen molar-refractivity contribution < 1.29 is 9.90 Å². The Bertz CT molecular complexity index is 1330. The molecule has 0 saturated heterocycles. The zero-order valence-electron chi connectivity index (χ0n) is 17.5. The van der Waals surface area contributed by atoms with E-state index in [4.69, 9.17) is 0 Å². The summed E-state index contributed by atoms with van der Waals surface area (Å²) in [6, 6.07) is 19.2. The SMILES string of the molecule is CC(NC(=O)CSc1nc2ccc(N=Cc3cc(Br)cc(Br)c3O)cc2s1)c1ccccc1. The fourth-order valence-corrected chi connectivity index (χ4v) is 6.27. The van der Waals surface area contributed by atoms with Crippen molar-refractivity contribution >= 4 is 83.0 Å². The van der Waals surface area contributed by atoms with Crippen LogP contribution >= 0.6 is 55.0 Å². The molecule has 4 aromatic rings. The van der Waals surface area contributed by atoms with E-state index in [9.17, 15) is 9.90 Å². The molecule has 0 radical (unpaired) electrons. The number of thioether (sulfide) groups is 1. The molecular formula is C24H19Br2N3O2S2. The first-order valence-corrected chi connectivity index (χ1v) is 13.4. The van der Waals surface area contributed by atoms with Crippen LogP contribution in [0.25, 0.3) is 10.2 Å². The Morgan fingerprint density at radius 2 is 2.00 bits per heavy atom. The van der Waals surface area contributed by atoms with Gasteiger partial charge in [-0.15, -0.1) is 11.3 Å². The minimum absolute atomic E-state index is 0.0270. The highest BCUT2D eigenvalue weighted by atomic mass is 79.9. The molecule has 168 valence electrons. The summed E-state index contributed by atoms with van der Waals surface area (Å²) >= 11 is 9.71. The highest BCUT2D eigenvalue weighted by Gasteiger charge is 2.12. The molecule has 0 aliphatic carbocycles. The number of phenolic OH excluding ortho intramolecular Hbond substituents is 1. The van der Waals surface area contributed by atoms with E-state index in [2.05, 4.69) is 47.2 Å². The Morgan fingerprint density at radius 3 is 2.79 bits per heavy atom. The van der Waals surface area contributed by atoms with Crippen LogP contribution in [0.1, 0.15) is 24.1 Å². The molecule has 0 spiro atoms. The number of nitrogens with one attached hydrogen (secondary N) is 1. The van der Waals surface area contributed by atoms with Gasteiger partial charge in [-0.25, -0.2) is 4.98 Å². The first-order chi connectivity index (χ1) is 15.9. The second-order valence-corrected chi connectivity index (χ2v) is 11.2. The predicted octanol–water partition coefficient (Wildman–Crippen LogP) is 7.25. The number of fused-ring (bicyclic) bond motifs is 1. The molecule has 9 heteroatoms. The van der Waals surface area contributed by atoms with Gasteiger partial charge in [0.25, 0.3) is 0 Å². The molecule has 0 aliphatic heterocycles. The number of aromatic hydroxyl groups is 1. The lowest BCUT2D eigenvalue weighted by molar-refractivity contribution is -0.119. The number of aromatic nitrogens is 1. The summed E-state index contributed by atoms with van der Waals surface area (Å²) in [7, 11) is 0. The van der Waals surface area contributed by atoms with Crippen LogP contribution in [-0.2, 0) is 4.79 Å². The number of nitrogens with zero attached hydrogens (tertiary/aromatic N) is 2. The van der Waals surface area contributed by atoms with Crippen molar-refractivity contribution in [2.75, 3.05) is 5.75 Å². The van der Waals surface area contributed by atoms with E-state index in [1.165, 1.54) is 23.1 Å². The Morgan fingerprint density at radius 1 is 1.21 bits per heavy atom. The summed E-state index contributed by atoms with van der Waals surface area (Å²) in [5, 5.41) is 13.2. The molecule has 2 N–H and O–H groups in total. The molecule has 4 rings (SSSR count). The summed E-state index contributed by atoms with van der Waals surface area (Å²) in [4.78, 5) is 21.5. The van der Waals surface area contributed by atoms with Crippen molar-refractivity contribution in [3.05, 3.63) is 80.7 Å². The van der Waals surface area contributed by atoms with Crippen molar-refractivity contribution in [2.45, 2.75) is 17.3 Å². The van der Waals surface area contributed by atoms with E-state index in [1.54, 1.807) is 18.3 Å². The quantitative estimate of drug-likeness (QED) is 0.172. The number of benzene rings is 3. The van der Waals surface area contributed by atoms with Crippen LogP contribution in [0, 0.1) is 0 Å². The van der Waals surface area contributed by atoms with Gasteiger partial charge in [0.15, 0.2) is 4.34 Å². The number of amides is 1. The lowest BCUT2D eigenvalue weighted by atomic mass is 10.1. The Balaban J connectivity index is 1.40. The fraction of sp³-hybridized carbons (Fsp3) is 0.125. The van der Waals surface area contributed by atoms with E-state index in [0.717, 1.165) is 30.3 Å². The lowest BCUT2D eigenvalue weighted by Gasteiger charge is -2.13. The van der Waals surface area contributed by atoms with Crippen molar-refractivity contribution in [3.63, 3.8) is 0 Å². The molecule has 0 bridgehead atoms. The number of carbonyl (C=O) groups excluding carboxylic acids is 1. The van der Waals surface area contributed by atoms with Crippen LogP contribution in [0.3, 0.4) is 0 Å². The normalized spacial score (nSPS) is 12.3. The molecular weight excluding hydrogens is 586 g/mol. The van der Waals surface area contributed by atoms with Crippen LogP contribution < -0.4 is 5.32 Å². The van der Waals surface area contributed by atoms with Gasteiger partial charge in [-0.2, -0.15) is 0 Å². The average Bonchev–Trinajstić information content (AvgIpc) is 3.22. The van der Waals surface area contributed by atoms with Gasteiger partial charge in [0.05, 0.1) is 32.2 Å². The number of halogens is 2. The highest BCUT2D eigenvalue weighted by molar-refractivity contribution is 9.11. The van der Waals surface area contributed by atoms with Crippen LogP contribution in [0.5, 0.6) is 5.75 Å². The second-order valence-electron chi connectivity index (χ2n) is 7.20. The summed E-state index contributed by atoms with van der Waals surface area (Å²) < 4.78 is 3.27. The van der Waals surface area contributed by atoms with Gasteiger partial charge < -0.3 is 10.4 Å². The van der Waals surface area contributed by atoms with Gasteiger partial charge in [0.2, 0.25) is 5.91 Å². The second kappa shape index (κ2) is 10.8. The smallest absolute Gasteiger partial charge is 0.230 e. The van der Waals surface area contributed by atoms with Gasteiger partial charge >= 0.3 is 0 Å². The molecule has 1 heterocycles. The number of phenols is 1. The van der Waals surface area contributed by atoms with Crippen molar-refractivity contribution in [1.29, 1.82) is 0 Å². The van der Waals surface area contributed by atoms with Gasteiger partial charge in [-0.05, 0) is 58.7 Å². The van der Waals surface area contributed by atoms with E-state index < -0.39 is 0 Å².